The van der Waals surface area contributed by atoms with E-state index < -0.39 is 0 Å². The van der Waals surface area contributed by atoms with E-state index in [4.69, 9.17) is 9.40 Å². The van der Waals surface area contributed by atoms with Crippen LogP contribution in [0.3, 0.4) is 0 Å². The van der Waals surface area contributed by atoms with Gasteiger partial charge in [-0.15, -0.1) is 6.58 Å². The summed E-state index contributed by atoms with van der Waals surface area (Å²) in [5, 5.41) is 6.10. The number of rotatable bonds is 9. The fourth-order valence-electron chi connectivity index (χ4n) is 4.11. The first-order valence-corrected chi connectivity index (χ1v) is 11.9. The number of nitrogens with one attached hydrogen (secondary N) is 2. The summed E-state index contributed by atoms with van der Waals surface area (Å²) in [6, 6.07) is 15.0. The average molecular weight is 486 g/mol. The maximum atomic E-state index is 13.5. The predicted molar refractivity (Wildman–Crippen MR) is 139 cm³/mol. The van der Waals surface area contributed by atoms with Crippen molar-refractivity contribution in [2.75, 3.05) is 13.6 Å². The number of pyridine rings is 1. The van der Waals surface area contributed by atoms with Crippen LogP contribution in [0.2, 0.25) is 0 Å². The van der Waals surface area contributed by atoms with Crippen molar-refractivity contribution in [1.82, 2.24) is 15.6 Å². The Balaban J connectivity index is 1.88. The van der Waals surface area contributed by atoms with Crippen LogP contribution in [-0.2, 0) is 6.42 Å². The standard InChI is InChI=1S/C29H28FN3O3/c1-4-6-15-32-27(34)20-10-7-9-19(16-20)22-17-23-25(28(35)31-3)26(18-11-13-21(30)14-12-18)36-29(23)33-24(22)8-5-2/h4,7,9-14,16-17H,1,5-6,8,15H2,2-3H3,(H,31,35)(H,32,34). The summed E-state index contributed by atoms with van der Waals surface area (Å²) < 4.78 is 19.6. The molecular weight excluding hydrogens is 457 g/mol. The SMILES string of the molecule is C=CCCNC(=O)c1cccc(-c2cc3c(C(=O)NC)c(-c4ccc(F)cc4)oc3nc2CCC)c1. The maximum Gasteiger partial charge on any atom is 0.255 e. The Labute approximate surface area is 209 Å². The average Bonchev–Trinajstić information content (AvgIpc) is 3.27. The largest absolute Gasteiger partial charge is 0.437 e. The van der Waals surface area contributed by atoms with Crippen LogP contribution in [0.4, 0.5) is 4.39 Å². The molecule has 2 aromatic carbocycles. The second-order valence-corrected chi connectivity index (χ2v) is 8.39. The fourth-order valence-corrected chi connectivity index (χ4v) is 4.11. The van der Waals surface area contributed by atoms with Gasteiger partial charge in [-0.05, 0) is 60.9 Å². The van der Waals surface area contributed by atoms with Gasteiger partial charge >= 0.3 is 0 Å². The highest BCUT2D eigenvalue weighted by atomic mass is 19.1. The summed E-state index contributed by atoms with van der Waals surface area (Å²) >= 11 is 0. The Morgan fingerprint density at radius 2 is 1.86 bits per heavy atom. The smallest absolute Gasteiger partial charge is 0.255 e. The molecule has 36 heavy (non-hydrogen) atoms. The van der Waals surface area contributed by atoms with Gasteiger partial charge in [0, 0.05) is 30.3 Å². The number of hydrogen-bond acceptors (Lipinski definition) is 4. The van der Waals surface area contributed by atoms with E-state index in [-0.39, 0.29) is 17.6 Å². The van der Waals surface area contributed by atoms with Crippen LogP contribution in [0.5, 0.6) is 0 Å². The van der Waals surface area contributed by atoms with Crippen molar-refractivity contribution >= 4 is 22.9 Å². The molecule has 2 N–H and O–H groups in total. The second-order valence-electron chi connectivity index (χ2n) is 8.39. The van der Waals surface area contributed by atoms with Gasteiger partial charge in [0.05, 0.1) is 16.6 Å². The molecule has 2 aromatic heterocycles. The molecule has 2 amide bonds. The van der Waals surface area contributed by atoms with Crippen LogP contribution in [0, 0.1) is 5.82 Å². The van der Waals surface area contributed by atoms with E-state index in [0.717, 1.165) is 23.2 Å². The number of carbonyl (C=O) groups excluding carboxylic acids is 2. The molecule has 7 heteroatoms. The van der Waals surface area contributed by atoms with Gasteiger partial charge in [0.2, 0.25) is 5.71 Å². The molecule has 2 heterocycles. The Hall–Kier alpha value is -4.26. The summed E-state index contributed by atoms with van der Waals surface area (Å²) in [5.41, 5.74) is 4.21. The molecule has 0 aliphatic heterocycles. The van der Waals surface area contributed by atoms with E-state index in [1.807, 2.05) is 24.3 Å². The Morgan fingerprint density at radius 1 is 1.08 bits per heavy atom. The van der Waals surface area contributed by atoms with Gasteiger partial charge in [-0.25, -0.2) is 9.37 Å². The maximum absolute atomic E-state index is 13.5. The van der Waals surface area contributed by atoms with Crippen molar-refractivity contribution < 1.29 is 18.4 Å². The van der Waals surface area contributed by atoms with Gasteiger partial charge in [-0.2, -0.15) is 0 Å². The fraction of sp³-hybridized carbons (Fsp3) is 0.207. The lowest BCUT2D eigenvalue weighted by molar-refractivity contribution is 0.0950. The van der Waals surface area contributed by atoms with Crippen LogP contribution in [0.1, 0.15) is 46.2 Å². The first-order valence-electron chi connectivity index (χ1n) is 11.9. The summed E-state index contributed by atoms with van der Waals surface area (Å²) in [7, 11) is 1.55. The van der Waals surface area contributed by atoms with E-state index in [2.05, 4.69) is 24.1 Å². The van der Waals surface area contributed by atoms with Gasteiger partial charge < -0.3 is 15.1 Å². The van der Waals surface area contributed by atoms with E-state index >= 15 is 0 Å². The molecule has 0 aliphatic rings. The van der Waals surface area contributed by atoms with Gasteiger partial charge in [0.15, 0.2) is 0 Å². The number of fused-ring (bicyclic) bond motifs is 1. The zero-order valence-corrected chi connectivity index (χ0v) is 20.4. The molecule has 0 spiro atoms. The van der Waals surface area contributed by atoms with Gasteiger partial charge in [0.25, 0.3) is 11.8 Å². The lowest BCUT2D eigenvalue weighted by Gasteiger charge is -2.11. The molecule has 4 aromatic rings. The van der Waals surface area contributed by atoms with Crippen molar-refractivity contribution in [1.29, 1.82) is 0 Å². The van der Waals surface area contributed by atoms with Crippen molar-refractivity contribution in [3.05, 3.63) is 89.9 Å². The highest BCUT2D eigenvalue weighted by Crippen LogP contribution is 2.37. The van der Waals surface area contributed by atoms with Crippen molar-refractivity contribution in [2.45, 2.75) is 26.2 Å². The molecule has 0 saturated heterocycles. The van der Waals surface area contributed by atoms with Crippen LogP contribution < -0.4 is 10.6 Å². The minimum atomic E-state index is -0.379. The topological polar surface area (TPSA) is 84.2 Å². The minimum Gasteiger partial charge on any atom is -0.437 e. The number of nitrogens with zero attached hydrogens (tertiary/aromatic N) is 1. The summed E-state index contributed by atoms with van der Waals surface area (Å²) in [5.74, 6) is -0.556. The van der Waals surface area contributed by atoms with E-state index in [1.165, 1.54) is 12.1 Å². The summed E-state index contributed by atoms with van der Waals surface area (Å²) in [6.07, 6.45) is 3.97. The quantitative estimate of drug-likeness (QED) is 0.228. The number of furan rings is 1. The van der Waals surface area contributed by atoms with Gasteiger partial charge in [0.1, 0.15) is 11.6 Å². The summed E-state index contributed by atoms with van der Waals surface area (Å²) in [6.45, 7) is 6.24. The van der Waals surface area contributed by atoms with Crippen molar-refractivity contribution in [3.8, 4) is 22.5 Å². The molecule has 0 radical (unpaired) electrons. The van der Waals surface area contributed by atoms with Crippen molar-refractivity contribution in [2.24, 2.45) is 0 Å². The Kier molecular flexibility index (Phi) is 7.59. The molecule has 0 bridgehead atoms. The number of hydrogen-bond donors (Lipinski definition) is 2. The zero-order chi connectivity index (χ0) is 25.7. The van der Waals surface area contributed by atoms with Gasteiger partial charge in [-0.1, -0.05) is 31.6 Å². The molecule has 0 unspecified atom stereocenters. The molecule has 6 nitrogen and oxygen atoms in total. The lowest BCUT2D eigenvalue weighted by Crippen LogP contribution is -2.24. The van der Waals surface area contributed by atoms with Crippen LogP contribution in [-0.4, -0.2) is 30.4 Å². The molecule has 0 saturated carbocycles. The monoisotopic (exact) mass is 485 g/mol. The van der Waals surface area contributed by atoms with Crippen LogP contribution in [0.25, 0.3) is 33.6 Å². The van der Waals surface area contributed by atoms with E-state index in [9.17, 15) is 14.0 Å². The lowest BCUT2D eigenvalue weighted by atomic mass is 9.97. The number of halogens is 1. The third-order valence-electron chi connectivity index (χ3n) is 5.88. The second kappa shape index (κ2) is 11.0. The Bertz CT molecular complexity index is 1420. The molecule has 0 fully saturated rings. The van der Waals surface area contributed by atoms with Gasteiger partial charge in [-0.3, -0.25) is 9.59 Å². The third-order valence-corrected chi connectivity index (χ3v) is 5.88. The van der Waals surface area contributed by atoms with E-state index in [1.54, 1.807) is 31.3 Å². The number of amides is 2. The predicted octanol–water partition coefficient (Wildman–Crippen LogP) is 5.92. The highest BCUT2D eigenvalue weighted by Gasteiger charge is 2.24. The molecule has 4 rings (SSSR count). The van der Waals surface area contributed by atoms with Crippen molar-refractivity contribution in [3.63, 3.8) is 0 Å². The zero-order valence-electron chi connectivity index (χ0n) is 20.4. The number of aromatic nitrogens is 1. The summed E-state index contributed by atoms with van der Waals surface area (Å²) in [4.78, 5) is 30.4. The number of benzene rings is 2. The third kappa shape index (κ3) is 5.05. The number of aryl methyl sites for hydroxylation is 1. The first kappa shape index (κ1) is 24.9. The molecule has 0 aliphatic carbocycles. The molecule has 0 atom stereocenters. The minimum absolute atomic E-state index is 0.169. The highest BCUT2D eigenvalue weighted by molar-refractivity contribution is 6.11. The van der Waals surface area contributed by atoms with E-state index in [0.29, 0.717) is 52.9 Å². The molecular formula is C29H28FN3O3. The number of carbonyl (C=O) groups is 2. The normalized spacial score (nSPS) is 10.9. The molecule has 184 valence electrons. The van der Waals surface area contributed by atoms with Crippen LogP contribution in [0.15, 0.2) is 71.7 Å². The first-order chi connectivity index (χ1) is 17.5. The Morgan fingerprint density at radius 3 is 2.56 bits per heavy atom. The van der Waals surface area contributed by atoms with Crippen LogP contribution >= 0.6 is 0 Å².